The molecule has 0 spiro atoms. The molecule has 0 heterocycles. The molecule has 0 aromatic heterocycles. The average Bonchev–Trinajstić information content (AvgIpc) is 2.29. The summed E-state index contributed by atoms with van der Waals surface area (Å²) in [7, 11) is 0. The fraction of sp³-hybridized carbons (Fsp3) is 0.600. The molecule has 0 amide bonds. The number of hydrogen-bond acceptors (Lipinski definition) is 0. The lowest BCUT2D eigenvalue weighted by atomic mass is 10.0. The molecule has 0 aliphatic rings. The van der Waals surface area contributed by atoms with E-state index in [-0.39, 0.29) is 12.4 Å². The minimum Gasteiger partial charge on any atom is -0.147 e. The van der Waals surface area contributed by atoms with Gasteiger partial charge in [-0.2, -0.15) is 0 Å². The molecule has 0 aliphatic carbocycles. The van der Waals surface area contributed by atoms with Crippen molar-refractivity contribution in [3.8, 4) is 0 Å². The summed E-state index contributed by atoms with van der Waals surface area (Å²) in [6, 6.07) is 9.13. The molecule has 1 atom stereocenters. The first-order valence-corrected chi connectivity index (χ1v) is 7.96. The van der Waals surface area contributed by atoms with Crippen LogP contribution in [-0.2, 0) is 0 Å². The Morgan fingerprint density at radius 1 is 1.00 bits per heavy atom. The third-order valence-corrected chi connectivity index (χ3v) is 4.63. The summed E-state index contributed by atoms with van der Waals surface area (Å²) in [6.07, 6.45) is 8.44. The number of hydrogen-bond donors (Lipinski definition) is 0. The zero-order chi connectivity index (χ0) is 11.8. The van der Waals surface area contributed by atoms with E-state index < -0.39 is 0 Å². The first-order chi connectivity index (χ1) is 7.74. The summed E-state index contributed by atoms with van der Waals surface area (Å²) < 4.78 is 0.863. The van der Waals surface area contributed by atoms with E-state index in [0.717, 1.165) is 4.78 Å². The standard InChI is InChI=1S/C15H23.Al.ClH.2H/c1-3-4-5-6-7-8-9-15-12-10-14(2)11-13-15;;;;/h9-13H,3-8H2,1-2H3;;1H;;. The fourth-order valence-corrected chi connectivity index (χ4v) is 2.91. The van der Waals surface area contributed by atoms with Gasteiger partial charge in [0.05, 0.1) is 0 Å². The van der Waals surface area contributed by atoms with Crippen molar-refractivity contribution in [3.63, 3.8) is 0 Å². The zero-order valence-corrected chi connectivity index (χ0v) is 14.4. The molecule has 1 rings (SSSR count). The lowest BCUT2D eigenvalue weighted by Crippen LogP contribution is -1.98. The van der Waals surface area contributed by atoms with Crippen molar-refractivity contribution >= 4 is 28.7 Å². The molecule has 1 aromatic carbocycles. The Bertz CT molecular complexity index is 281. The van der Waals surface area contributed by atoms with Crippen LogP contribution < -0.4 is 0 Å². The van der Waals surface area contributed by atoms with Gasteiger partial charge < -0.3 is 0 Å². The Morgan fingerprint density at radius 2 is 1.59 bits per heavy atom. The van der Waals surface area contributed by atoms with E-state index in [9.17, 15) is 0 Å². The van der Waals surface area contributed by atoms with Crippen molar-refractivity contribution in [1.82, 2.24) is 0 Å². The summed E-state index contributed by atoms with van der Waals surface area (Å²) in [5.74, 6) is 0. The molecular weight excluding hydrogens is 243 g/mol. The molecule has 96 valence electrons. The van der Waals surface area contributed by atoms with Crippen LogP contribution in [0.25, 0.3) is 0 Å². The molecule has 0 fully saturated rings. The molecule has 2 heteroatoms. The number of halogens is 1. The van der Waals surface area contributed by atoms with E-state index in [1.165, 1.54) is 60.4 Å². The minimum atomic E-state index is 0. The molecule has 0 N–H and O–H groups in total. The Kier molecular flexibility index (Phi) is 10.0. The Morgan fingerprint density at radius 3 is 2.18 bits per heavy atom. The molecule has 0 radical (unpaired) electrons. The summed E-state index contributed by atoms with van der Waals surface area (Å²) >= 11 is 1.29. The van der Waals surface area contributed by atoms with Crippen molar-refractivity contribution in [2.45, 2.75) is 57.2 Å². The van der Waals surface area contributed by atoms with Gasteiger partial charge in [0.1, 0.15) is 0 Å². The Balaban J connectivity index is 0.00000256. The van der Waals surface area contributed by atoms with Crippen molar-refractivity contribution in [1.29, 1.82) is 0 Å². The Labute approximate surface area is 121 Å². The first-order valence-electron chi connectivity index (χ1n) is 6.80. The molecule has 1 unspecified atom stereocenters. The smallest absolute Gasteiger partial charge is 0.147 e. The van der Waals surface area contributed by atoms with Crippen LogP contribution in [-0.4, -0.2) is 16.3 Å². The fourth-order valence-electron chi connectivity index (χ4n) is 2.12. The van der Waals surface area contributed by atoms with Crippen molar-refractivity contribution in [3.05, 3.63) is 35.4 Å². The average molecular weight is 269 g/mol. The van der Waals surface area contributed by atoms with E-state index >= 15 is 0 Å². The quantitative estimate of drug-likeness (QED) is 0.506. The highest BCUT2D eigenvalue weighted by Crippen LogP contribution is 2.20. The predicted octanol–water partition coefficient (Wildman–Crippen LogP) is 4.45. The van der Waals surface area contributed by atoms with E-state index in [0.29, 0.717) is 0 Å². The van der Waals surface area contributed by atoms with Gasteiger partial charge in [-0.05, 0) is 6.92 Å². The van der Waals surface area contributed by atoms with Gasteiger partial charge >= 0.3 is 0 Å². The van der Waals surface area contributed by atoms with Crippen molar-refractivity contribution in [2.75, 3.05) is 0 Å². The van der Waals surface area contributed by atoms with Gasteiger partial charge in [-0.25, -0.2) is 0 Å². The third kappa shape index (κ3) is 7.14. The predicted molar refractivity (Wildman–Crippen MR) is 83.1 cm³/mol. The van der Waals surface area contributed by atoms with E-state index in [4.69, 9.17) is 0 Å². The Hall–Kier alpha value is 0.0425. The van der Waals surface area contributed by atoms with Gasteiger partial charge in [-0.3, -0.25) is 0 Å². The van der Waals surface area contributed by atoms with Crippen LogP contribution >= 0.6 is 12.4 Å². The van der Waals surface area contributed by atoms with Crippen LogP contribution in [0, 0.1) is 6.92 Å². The van der Waals surface area contributed by atoms with E-state index in [1.807, 2.05) is 0 Å². The maximum atomic E-state index is 2.32. The normalized spacial score (nSPS) is 11.9. The van der Waals surface area contributed by atoms with Crippen LogP contribution in [0.2, 0.25) is 0 Å². The molecule has 0 bridgehead atoms. The summed E-state index contributed by atoms with van der Waals surface area (Å²) in [4.78, 5) is 0. The highest BCUT2D eigenvalue weighted by atomic mass is 35.5. The van der Waals surface area contributed by atoms with Crippen LogP contribution in [0.15, 0.2) is 24.3 Å². The zero-order valence-electron chi connectivity index (χ0n) is 11.5. The second-order valence-corrected chi connectivity index (χ2v) is 6.41. The van der Waals surface area contributed by atoms with Gasteiger partial charge in [0.2, 0.25) is 16.3 Å². The second-order valence-electron chi connectivity index (χ2n) is 5.01. The highest BCUT2D eigenvalue weighted by molar-refractivity contribution is 6.12. The van der Waals surface area contributed by atoms with Crippen LogP contribution in [0.1, 0.15) is 61.4 Å². The van der Waals surface area contributed by atoms with Gasteiger partial charge in [-0.15, -0.1) is 12.4 Å². The monoisotopic (exact) mass is 268 g/mol. The topological polar surface area (TPSA) is 0 Å². The second kappa shape index (κ2) is 10.0. The number of benzene rings is 1. The largest absolute Gasteiger partial charge is 0.223 e. The molecule has 0 saturated carbocycles. The van der Waals surface area contributed by atoms with Gasteiger partial charge in [0, 0.05) is 0 Å². The molecule has 1 aromatic rings. The SMILES string of the molecule is CCCCCCC[CH]([AlH2])c1ccc(C)cc1.Cl. The minimum absolute atomic E-state index is 0. The first kappa shape index (κ1) is 17.0. The maximum absolute atomic E-state index is 2.32. The number of aryl methyl sites for hydroxylation is 1. The summed E-state index contributed by atoms with van der Waals surface area (Å²) in [5.41, 5.74) is 2.94. The van der Waals surface area contributed by atoms with Gasteiger partial charge in [-0.1, -0.05) is 85.6 Å². The molecule has 0 aliphatic heterocycles. The van der Waals surface area contributed by atoms with Crippen LogP contribution in [0.5, 0.6) is 0 Å². The van der Waals surface area contributed by atoms with E-state index in [2.05, 4.69) is 38.1 Å². The van der Waals surface area contributed by atoms with Crippen LogP contribution in [0.4, 0.5) is 0 Å². The number of rotatable bonds is 7. The third-order valence-electron chi connectivity index (χ3n) is 3.39. The summed E-state index contributed by atoms with van der Waals surface area (Å²) in [6.45, 7) is 4.44. The van der Waals surface area contributed by atoms with Gasteiger partial charge in [0.25, 0.3) is 0 Å². The van der Waals surface area contributed by atoms with Crippen molar-refractivity contribution < 1.29 is 0 Å². The molecular formula is C15H26AlCl. The lowest BCUT2D eigenvalue weighted by molar-refractivity contribution is 0.601. The molecule has 0 saturated heterocycles. The van der Waals surface area contributed by atoms with Crippen molar-refractivity contribution in [2.24, 2.45) is 0 Å². The molecule has 0 nitrogen and oxygen atoms in total. The maximum Gasteiger partial charge on any atom is 0.223 e. The lowest BCUT2D eigenvalue weighted by Gasteiger charge is -2.12. The van der Waals surface area contributed by atoms with Crippen LogP contribution in [0.3, 0.4) is 0 Å². The number of unbranched alkanes of at least 4 members (excludes halogenated alkanes) is 4. The van der Waals surface area contributed by atoms with Gasteiger partial charge in [0.15, 0.2) is 0 Å². The van der Waals surface area contributed by atoms with E-state index in [1.54, 1.807) is 5.56 Å². The molecule has 17 heavy (non-hydrogen) atoms. The summed E-state index contributed by atoms with van der Waals surface area (Å²) in [5, 5.41) is 0. The highest BCUT2D eigenvalue weighted by Gasteiger charge is 2.04.